The summed E-state index contributed by atoms with van der Waals surface area (Å²) in [7, 11) is 3.26. The Bertz CT molecular complexity index is 1530. The number of benzene rings is 4. The molecular weight excluding hydrogens is 554 g/mol. The highest BCUT2D eigenvalue weighted by molar-refractivity contribution is 5.94. The van der Waals surface area contributed by atoms with Gasteiger partial charge in [-0.2, -0.15) is 0 Å². The molecule has 2 unspecified atom stereocenters. The van der Waals surface area contributed by atoms with E-state index in [9.17, 15) is 14.7 Å². The molecule has 1 aliphatic carbocycles. The van der Waals surface area contributed by atoms with Crippen LogP contribution in [0.5, 0.6) is 11.5 Å². The second-order valence-electron chi connectivity index (χ2n) is 11.5. The van der Waals surface area contributed by atoms with Crippen LogP contribution in [0.2, 0.25) is 0 Å². The van der Waals surface area contributed by atoms with E-state index in [0.717, 1.165) is 23.1 Å². The third kappa shape index (κ3) is 4.81. The molecule has 0 aromatic heterocycles. The van der Waals surface area contributed by atoms with Gasteiger partial charge in [0, 0.05) is 42.3 Å². The van der Waals surface area contributed by atoms with E-state index >= 15 is 0 Å². The maximum absolute atomic E-state index is 14.1. The number of carbonyl (C=O) groups is 2. The van der Waals surface area contributed by atoms with E-state index in [1.165, 1.54) is 4.90 Å². The van der Waals surface area contributed by atoms with Gasteiger partial charge in [0.05, 0.1) is 19.1 Å². The first-order valence-electron chi connectivity index (χ1n) is 15.1. The number of methoxy groups -OCH3 is 1. The molecule has 0 radical (unpaired) electrons. The van der Waals surface area contributed by atoms with Crippen LogP contribution in [-0.2, 0) is 27.2 Å². The maximum atomic E-state index is 14.1. The highest BCUT2D eigenvalue weighted by atomic mass is 16.6. The molecule has 7 nitrogen and oxygen atoms in total. The second-order valence-corrected chi connectivity index (χ2v) is 11.5. The van der Waals surface area contributed by atoms with Crippen molar-refractivity contribution >= 4 is 11.9 Å². The summed E-state index contributed by atoms with van der Waals surface area (Å²) in [5.41, 5.74) is 1.57. The average molecular weight is 592 g/mol. The summed E-state index contributed by atoms with van der Waals surface area (Å²) in [6.45, 7) is 0.00344. The van der Waals surface area contributed by atoms with E-state index < -0.39 is 23.2 Å². The molecule has 44 heavy (non-hydrogen) atoms. The summed E-state index contributed by atoms with van der Waals surface area (Å²) in [5, 5.41) is 10.3. The van der Waals surface area contributed by atoms with Crippen LogP contribution >= 0.6 is 0 Å². The van der Waals surface area contributed by atoms with Crippen molar-refractivity contribution in [2.24, 2.45) is 0 Å². The summed E-state index contributed by atoms with van der Waals surface area (Å²) in [4.78, 5) is 29.5. The average Bonchev–Trinajstić information content (AvgIpc) is 3.43. The van der Waals surface area contributed by atoms with E-state index in [2.05, 4.69) is 0 Å². The zero-order valence-electron chi connectivity index (χ0n) is 25.1. The van der Waals surface area contributed by atoms with Crippen LogP contribution in [0.4, 0.5) is 4.79 Å². The van der Waals surface area contributed by atoms with Crippen molar-refractivity contribution in [2.45, 2.75) is 49.4 Å². The van der Waals surface area contributed by atoms with Crippen molar-refractivity contribution in [3.05, 3.63) is 131 Å². The number of aliphatic hydroxyl groups excluding tert-OH is 1. The fourth-order valence-corrected chi connectivity index (χ4v) is 6.97. The first kappa shape index (κ1) is 29.5. The molecule has 1 fully saturated rings. The monoisotopic (exact) mass is 591 g/mol. The van der Waals surface area contributed by atoms with Gasteiger partial charge in [-0.1, -0.05) is 97.1 Å². The lowest BCUT2D eigenvalue weighted by Crippen LogP contribution is -2.51. The molecule has 1 aliphatic heterocycles. The normalized spacial score (nSPS) is 19.0. The molecule has 0 bridgehead atoms. The molecular formula is C37H37NO6. The third-order valence-corrected chi connectivity index (χ3v) is 9.16. The summed E-state index contributed by atoms with van der Waals surface area (Å²) in [5.74, 6) is 1.11. The van der Waals surface area contributed by atoms with E-state index in [1.807, 2.05) is 91.0 Å². The largest absolute Gasteiger partial charge is 0.493 e. The molecule has 1 amide bonds. The number of hydrogen-bond donors (Lipinski definition) is 1. The van der Waals surface area contributed by atoms with Crippen LogP contribution in [-0.4, -0.2) is 48.7 Å². The number of hydrogen-bond acceptors (Lipinski definition) is 6. The number of rotatable bonds is 9. The molecule has 2 aliphatic rings. The molecule has 6 rings (SSSR count). The second kappa shape index (κ2) is 12.2. The van der Waals surface area contributed by atoms with Gasteiger partial charge in [-0.3, -0.25) is 4.79 Å². The molecule has 1 saturated carbocycles. The SMILES string of the molecule is COc1ccc(CO)c2c1OC1CCCC(=O)C21CCN(C)C(=O)OC(c1ccccc1)(c1ccccc1)c1ccccc1. The Hall–Kier alpha value is -4.62. The Morgan fingerprint density at radius 1 is 0.932 bits per heavy atom. The minimum absolute atomic E-state index is 0.0597. The van der Waals surface area contributed by atoms with E-state index in [0.29, 0.717) is 41.9 Å². The van der Waals surface area contributed by atoms with Gasteiger partial charge in [-0.25, -0.2) is 4.79 Å². The Morgan fingerprint density at radius 3 is 2.02 bits per heavy atom. The molecule has 0 saturated heterocycles. The molecule has 226 valence electrons. The Labute approximate surface area is 258 Å². The standard InChI is InChI=1S/C37H37NO6/c1-38(24-23-36-31(40)19-12-20-32(36)43-34-30(42-2)22-21-26(25-39)33(34)36)35(41)44-37(27-13-6-3-7-14-27,28-15-8-4-9-16-28)29-17-10-5-11-18-29/h3-11,13-18,21-22,32,39H,12,19-20,23-25H2,1-2H3. The topological polar surface area (TPSA) is 85.3 Å². The molecule has 1 heterocycles. The highest BCUT2D eigenvalue weighted by Gasteiger charge is 2.57. The number of nitrogens with zero attached hydrogens (tertiary/aromatic N) is 1. The first-order chi connectivity index (χ1) is 21.5. The number of ketones is 1. The number of carbonyl (C=O) groups excluding carboxylic acids is 2. The van der Waals surface area contributed by atoms with E-state index in [4.69, 9.17) is 14.2 Å². The summed E-state index contributed by atoms with van der Waals surface area (Å²) in [6, 6.07) is 32.8. The van der Waals surface area contributed by atoms with Gasteiger partial charge in [0.1, 0.15) is 11.9 Å². The zero-order valence-corrected chi connectivity index (χ0v) is 25.1. The van der Waals surface area contributed by atoms with Gasteiger partial charge < -0.3 is 24.2 Å². The third-order valence-electron chi connectivity index (χ3n) is 9.16. The Balaban J connectivity index is 1.36. The van der Waals surface area contributed by atoms with Crippen molar-refractivity contribution in [1.82, 2.24) is 4.90 Å². The molecule has 2 atom stereocenters. The Kier molecular flexibility index (Phi) is 8.15. The van der Waals surface area contributed by atoms with E-state index in [-0.39, 0.29) is 18.9 Å². The van der Waals surface area contributed by atoms with Crippen molar-refractivity contribution < 1.29 is 28.9 Å². The minimum atomic E-state index is -1.21. The lowest BCUT2D eigenvalue weighted by atomic mass is 9.64. The first-order valence-corrected chi connectivity index (χ1v) is 15.1. The van der Waals surface area contributed by atoms with Gasteiger partial charge in [0.2, 0.25) is 0 Å². The molecule has 0 spiro atoms. The van der Waals surface area contributed by atoms with Gasteiger partial charge in [-0.15, -0.1) is 0 Å². The molecule has 4 aromatic carbocycles. The number of Topliss-reactive ketones (excluding diaryl/α,β-unsaturated/α-hetero) is 1. The van der Waals surface area contributed by atoms with Crippen LogP contribution < -0.4 is 9.47 Å². The highest BCUT2D eigenvalue weighted by Crippen LogP contribution is 2.55. The van der Waals surface area contributed by atoms with Crippen LogP contribution in [0, 0.1) is 0 Å². The van der Waals surface area contributed by atoms with Crippen LogP contribution in [0.15, 0.2) is 103 Å². The number of amides is 1. The quantitative estimate of drug-likeness (QED) is 0.227. The van der Waals surface area contributed by atoms with Gasteiger partial charge in [0.15, 0.2) is 17.1 Å². The lowest BCUT2D eigenvalue weighted by Gasteiger charge is -2.39. The van der Waals surface area contributed by atoms with Crippen LogP contribution in [0.1, 0.15) is 53.5 Å². The molecule has 1 N–H and O–H groups in total. The maximum Gasteiger partial charge on any atom is 0.411 e. The molecule has 4 aromatic rings. The van der Waals surface area contributed by atoms with Crippen molar-refractivity contribution in [3.63, 3.8) is 0 Å². The predicted molar refractivity (Wildman–Crippen MR) is 167 cm³/mol. The summed E-state index contributed by atoms with van der Waals surface area (Å²) in [6.07, 6.45) is 1.23. The van der Waals surface area contributed by atoms with Gasteiger partial charge in [-0.05, 0) is 30.9 Å². The lowest BCUT2D eigenvalue weighted by molar-refractivity contribution is -0.130. The fraction of sp³-hybridized carbons (Fsp3) is 0.297. The number of ether oxygens (including phenoxy) is 3. The smallest absolute Gasteiger partial charge is 0.411 e. The van der Waals surface area contributed by atoms with Crippen LogP contribution in [0.25, 0.3) is 0 Å². The summed E-state index contributed by atoms with van der Waals surface area (Å²) < 4.78 is 18.6. The Morgan fingerprint density at radius 2 is 1.50 bits per heavy atom. The van der Waals surface area contributed by atoms with Crippen LogP contribution in [0.3, 0.4) is 0 Å². The number of aliphatic hydroxyl groups is 1. The molecule has 7 heteroatoms. The van der Waals surface area contributed by atoms with Crippen molar-refractivity contribution in [1.29, 1.82) is 0 Å². The fourth-order valence-electron chi connectivity index (χ4n) is 6.97. The summed E-state index contributed by atoms with van der Waals surface area (Å²) >= 11 is 0. The van der Waals surface area contributed by atoms with E-state index in [1.54, 1.807) is 26.3 Å². The zero-order chi connectivity index (χ0) is 30.7. The number of fused-ring (bicyclic) bond motifs is 3. The van der Waals surface area contributed by atoms with Crippen molar-refractivity contribution in [3.8, 4) is 11.5 Å². The van der Waals surface area contributed by atoms with Gasteiger partial charge in [0.25, 0.3) is 0 Å². The van der Waals surface area contributed by atoms with Crippen molar-refractivity contribution in [2.75, 3.05) is 20.7 Å². The minimum Gasteiger partial charge on any atom is -0.493 e. The predicted octanol–water partition coefficient (Wildman–Crippen LogP) is 6.39. The van der Waals surface area contributed by atoms with Gasteiger partial charge >= 0.3 is 6.09 Å².